The Morgan fingerprint density at radius 1 is 1.22 bits per heavy atom. The molecule has 0 aromatic rings. The average molecular weight is 255 g/mol. The van der Waals surface area contributed by atoms with Gasteiger partial charge in [0, 0.05) is 45.2 Å². The lowest BCUT2D eigenvalue weighted by Gasteiger charge is -2.35. The highest BCUT2D eigenvalue weighted by atomic mass is 16.3. The number of hydrogen-bond donors (Lipinski definition) is 2. The molecule has 2 aliphatic heterocycles. The van der Waals surface area contributed by atoms with E-state index in [0.717, 1.165) is 45.7 Å². The SMILES string of the molecule is O=C(CC1CCCCN1)N1CCN(CCO)CC1. The summed E-state index contributed by atoms with van der Waals surface area (Å²) < 4.78 is 0. The molecular formula is C13H25N3O2. The van der Waals surface area contributed by atoms with Gasteiger partial charge in [0.15, 0.2) is 0 Å². The van der Waals surface area contributed by atoms with E-state index in [1.807, 2.05) is 4.90 Å². The summed E-state index contributed by atoms with van der Waals surface area (Å²) in [7, 11) is 0. The molecule has 0 radical (unpaired) electrons. The summed E-state index contributed by atoms with van der Waals surface area (Å²) in [6, 6.07) is 0.390. The molecule has 0 bridgehead atoms. The number of nitrogens with one attached hydrogen (secondary N) is 1. The first-order chi connectivity index (χ1) is 8.79. The largest absolute Gasteiger partial charge is 0.395 e. The van der Waals surface area contributed by atoms with Gasteiger partial charge in [0.05, 0.1) is 6.61 Å². The van der Waals surface area contributed by atoms with Crippen LogP contribution in [0.1, 0.15) is 25.7 Å². The first-order valence-electron chi connectivity index (χ1n) is 7.14. The van der Waals surface area contributed by atoms with Gasteiger partial charge < -0.3 is 15.3 Å². The molecule has 2 fully saturated rings. The van der Waals surface area contributed by atoms with Gasteiger partial charge in [0.25, 0.3) is 0 Å². The van der Waals surface area contributed by atoms with Crippen molar-refractivity contribution in [3.63, 3.8) is 0 Å². The molecule has 2 saturated heterocycles. The normalized spacial score (nSPS) is 26.3. The van der Waals surface area contributed by atoms with Crippen molar-refractivity contribution in [1.29, 1.82) is 0 Å². The molecule has 5 heteroatoms. The number of aliphatic hydroxyl groups excluding tert-OH is 1. The number of nitrogens with zero attached hydrogens (tertiary/aromatic N) is 2. The second kappa shape index (κ2) is 7.07. The van der Waals surface area contributed by atoms with Crippen LogP contribution in [0.5, 0.6) is 0 Å². The first kappa shape index (κ1) is 13.8. The zero-order chi connectivity index (χ0) is 12.8. The highest BCUT2D eigenvalue weighted by molar-refractivity contribution is 5.77. The molecule has 0 saturated carbocycles. The van der Waals surface area contributed by atoms with Gasteiger partial charge in [0.2, 0.25) is 5.91 Å². The van der Waals surface area contributed by atoms with Gasteiger partial charge in [-0.05, 0) is 19.4 Å². The molecule has 1 amide bonds. The molecule has 2 N–H and O–H groups in total. The van der Waals surface area contributed by atoms with E-state index < -0.39 is 0 Å². The Morgan fingerprint density at radius 2 is 2.00 bits per heavy atom. The topological polar surface area (TPSA) is 55.8 Å². The molecule has 2 rings (SSSR count). The fraction of sp³-hybridized carbons (Fsp3) is 0.923. The zero-order valence-electron chi connectivity index (χ0n) is 11.1. The maximum absolute atomic E-state index is 12.1. The second-order valence-corrected chi connectivity index (χ2v) is 5.30. The molecule has 5 nitrogen and oxygen atoms in total. The maximum Gasteiger partial charge on any atom is 0.224 e. The predicted molar refractivity (Wildman–Crippen MR) is 70.4 cm³/mol. The van der Waals surface area contributed by atoms with E-state index in [1.54, 1.807) is 0 Å². The highest BCUT2D eigenvalue weighted by Gasteiger charge is 2.23. The number of β-amino-alcohol motifs (C(OH)–C–C–N with tert-alkyl or cyclic N) is 1. The summed E-state index contributed by atoms with van der Waals surface area (Å²) in [6.45, 7) is 5.40. The first-order valence-corrected chi connectivity index (χ1v) is 7.14. The van der Waals surface area contributed by atoms with Gasteiger partial charge in [-0.1, -0.05) is 6.42 Å². The summed E-state index contributed by atoms with van der Waals surface area (Å²) in [6.07, 6.45) is 4.27. The van der Waals surface area contributed by atoms with Gasteiger partial charge in [-0.25, -0.2) is 0 Å². The van der Waals surface area contributed by atoms with E-state index in [9.17, 15) is 4.79 Å². The lowest BCUT2D eigenvalue weighted by Crippen LogP contribution is -2.50. The third kappa shape index (κ3) is 3.93. The Kier molecular flexibility index (Phi) is 5.41. The third-order valence-electron chi connectivity index (χ3n) is 3.97. The summed E-state index contributed by atoms with van der Waals surface area (Å²) in [4.78, 5) is 16.3. The van der Waals surface area contributed by atoms with Crippen molar-refractivity contribution in [2.24, 2.45) is 0 Å². The number of piperazine rings is 1. The molecule has 1 atom stereocenters. The summed E-state index contributed by atoms with van der Waals surface area (Å²) >= 11 is 0. The van der Waals surface area contributed by atoms with Crippen molar-refractivity contribution in [1.82, 2.24) is 15.1 Å². The van der Waals surface area contributed by atoms with Crippen LogP contribution in [0.4, 0.5) is 0 Å². The Balaban J connectivity index is 1.70. The second-order valence-electron chi connectivity index (χ2n) is 5.30. The van der Waals surface area contributed by atoms with Gasteiger partial charge in [-0.3, -0.25) is 9.69 Å². The molecule has 1 unspecified atom stereocenters. The van der Waals surface area contributed by atoms with Crippen LogP contribution in [-0.2, 0) is 4.79 Å². The average Bonchev–Trinajstić information content (AvgIpc) is 2.41. The van der Waals surface area contributed by atoms with Crippen molar-refractivity contribution in [2.75, 3.05) is 45.9 Å². The number of piperidine rings is 1. The van der Waals surface area contributed by atoms with Crippen LogP contribution in [0.15, 0.2) is 0 Å². The molecule has 0 aromatic carbocycles. The zero-order valence-corrected chi connectivity index (χ0v) is 11.1. The number of amides is 1. The van der Waals surface area contributed by atoms with Crippen molar-refractivity contribution in [3.8, 4) is 0 Å². The van der Waals surface area contributed by atoms with Gasteiger partial charge in [0.1, 0.15) is 0 Å². The van der Waals surface area contributed by atoms with E-state index in [4.69, 9.17) is 5.11 Å². The Labute approximate surface area is 109 Å². The van der Waals surface area contributed by atoms with Gasteiger partial charge in [-0.15, -0.1) is 0 Å². The van der Waals surface area contributed by atoms with Crippen LogP contribution < -0.4 is 5.32 Å². The van der Waals surface area contributed by atoms with E-state index in [-0.39, 0.29) is 12.5 Å². The Morgan fingerprint density at radius 3 is 2.61 bits per heavy atom. The highest BCUT2D eigenvalue weighted by Crippen LogP contribution is 2.12. The van der Waals surface area contributed by atoms with Crippen molar-refractivity contribution < 1.29 is 9.90 Å². The van der Waals surface area contributed by atoms with Crippen LogP contribution in [0.25, 0.3) is 0 Å². The van der Waals surface area contributed by atoms with Gasteiger partial charge >= 0.3 is 0 Å². The van der Waals surface area contributed by atoms with Crippen LogP contribution in [0.3, 0.4) is 0 Å². The number of carbonyl (C=O) groups is 1. The molecule has 18 heavy (non-hydrogen) atoms. The van der Waals surface area contributed by atoms with Crippen LogP contribution >= 0.6 is 0 Å². The third-order valence-corrected chi connectivity index (χ3v) is 3.97. The number of rotatable bonds is 4. The number of aliphatic hydroxyl groups is 1. The molecule has 2 heterocycles. The molecule has 0 aromatic heterocycles. The van der Waals surface area contributed by atoms with E-state index in [1.165, 1.54) is 12.8 Å². The molecule has 2 aliphatic rings. The van der Waals surface area contributed by atoms with Crippen LogP contribution in [-0.4, -0.2) is 72.7 Å². The lowest BCUT2D eigenvalue weighted by molar-refractivity contribution is -0.133. The predicted octanol–water partition coefficient (Wildman–Crippen LogP) is -0.345. The van der Waals surface area contributed by atoms with Gasteiger partial charge in [-0.2, -0.15) is 0 Å². The summed E-state index contributed by atoms with van der Waals surface area (Å²) in [5.74, 6) is 0.290. The Bertz CT molecular complexity index is 259. The molecule has 104 valence electrons. The minimum absolute atomic E-state index is 0.208. The quantitative estimate of drug-likeness (QED) is 0.721. The van der Waals surface area contributed by atoms with Crippen molar-refractivity contribution >= 4 is 5.91 Å². The van der Waals surface area contributed by atoms with Crippen molar-refractivity contribution in [2.45, 2.75) is 31.7 Å². The fourth-order valence-corrected chi connectivity index (χ4v) is 2.80. The fourth-order valence-electron chi connectivity index (χ4n) is 2.80. The summed E-state index contributed by atoms with van der Waals surface area (Å²) in [5.41, 5.74) is 0. The number of carbonyl (C=O) groups excluding carboxylic acids is 1. The Hall–Kier alpha value is -0.650. The van der Waals surface area contributed by atoms with Crippen molar-refractivity contribution in [3.05, 3.63) is 0 Å². The minimum atomic E-state index is 0.208. The van der Waals surface area contributed by atoms with Crippen LogP contribution in [0, 0.1) is 0 Å². The lowest BCUT2D eigenvalue weighted by atomic mass is 10.0. The van der Waals surface area contributed by atoms with E-state index in [2.05, 4.69) is 10.2 Å². The van der Waals surface area contributed by atoms with Crippen LogP contribution in [0.2, 0.25) is 0 Å². The van der Waals surface area contributed by atoms with E-state index >= 15 is 0 Å². The molecule has 0 aliphatic carbocycles. The minimum Gasteiger partial charge on any atom is -0.395 e. The summed E-state index contributed by atoms with van der Waals surface area (Å²) in [5, 5.41) is 12.3. The van der Waals surface area contributed by atoms with E-state index in [0.29, 0.717) is 12.5 Å². The smallest absolute Gasteiger partial charge is 0.224 e. The maximum atomic E-state index is 12.1. The molecule has 0 spiro atoms. The monoisotopic (exact) mass is 255 g/mol. The standard InChI is InChI=1S/C13H25N3O2/c17-10-9-15-5-7-16(8-6-15)13(18)11-12-3-1-2-4-14-12/h12,14,17H,1-11H2. The number of hydrogen-bond acceptors (Lipinski definition) is 4. The molecular weight excluding hydrogens is 230 g/mol.